The van der Waals surface area contributed by atoms with Gasteiger partial charge in [0.2, 0.25) is 11.8 Å². The Hall–Kier alpha value is -3.91. The van der Waals surface area contributed by atoms with Gasteiger partial charge in [-0.1, -0.05) is 42.1 Å². The van der Waals surface area contributed by atoms with Gasteiger partial charge in [-0.3, -0.25) is 19.0 Å². The van der Waals surface area contributed by atoms with Crippen molar-refractivity contribution in [3.63, 3.8) is 0 Å². The summed E-state index contributed by atoms with van der Waals surface area (Å²) in [4.78, 5) is 42.5. The minimum absolute atomic E-state index is 0.162. The number of hydrogen-bond donors (Lipinski definition) is 2. The highest BCUT2D eigenvalue weighted by Gasteiger charge is 2.22. The van der Waals surface area contributed by atoms with Crippen molar-refractivity contribution in [2.75, 3.05) is 10.6 Å². The van der Waals surface area contributed by atoms with E-state index in [1.54, 1.807) is 47.9 Å². The fourth-order valence-corrected chi connectivity index (χ4v) is 4.76. The van der Waals surface area contributed by atoms with Crippen LogP contribution in [-0.4, -0.2) is 26.6 Å². The maximum atomic E-state index is 13.6. The SMILES string of the molecule is CC(=O)Nc1ccc(NC(=O)C(C)Sc2nc3ccccc3c(=O)n2-c2c(C)cccc2C)cc1. The van der Waals surface area contributed by atoms with Crippen molar-refractivity contribution in [2.24, 2.45) is 0 Å². The molecular formula is C27H26N4O3S. The Kier molecular flexibility index (Phi) is 7.02. The molecular weight excluding hydrogens is 460 g/mol. The number of nitrogens with one attached hydrogen (secondary N) is 2. The smallest absolute Gasteiger partial charge is 0.266 e. The van der Waals surface area contributed by atoms with E-state index in [1.807, 2.05) is 44.2 Å². The third-order valence-electron chi connectivity index (χ3n) is 5.53. The van der Waals surface area contributed by atoms with Gasteiger partial charge in [-0.05, 0) is 68.3 Å². The molecule has 4 aromatic rings. The van der Waals surface area contributed by atoms with Crippen LogP contribution in [0.4, 0.5) is 11.4 Å². The summed E-state index contributed by atoms with van der Waals surface area (Å²) in [6, 6.07) is 20.0. The molecule has 2 N–H and O–H groups in total. The Balaban J connectivity index is 1.67. The van der Waals surface area contributed by atoms with Gasteiger partial charge in [0.15, 0.2) is 5.16 Å². The summed E-state index contributed by atoms with van der Waals surface area (Å²) < 4.78 is 1.61. The maximum absolute atomic E-state index is 13.6. The van der Waals surface area contributed by atoms with E-state index >= 15 is 0 Å². The van der Waals surface area contributed by atoms with E-state index in [9.17, 15) is 14.4 Å². The number of aryl methyl sites for hydroxylation is 2. The number of benzene rings is 3. The first-order valence-corrected chi connectivity index (χ1v) is 12.1. The highest BCUT2D eigenvalue weighted by atomic mass is 32.2. The normalized spacial score (nSPS) is 11.8. The lowest BCUT2D eigenvalue weighted by atomic mass is 10.1. The van der Waals surface area contributed by atoms with Gasteiger partial charge in [0.05, 0.1) is 21.8 Å². The standard InChI is InChI=1S/C27H26N4O3S/c1-16-8-7-9-17(2)24(16)31-26(34)22-10-5-6-11-23(22)30-27(31)35-18(3)25(33)29-21-14-12-20(13-15-21)28-19(4)32/h5-15,18H,1-4H3,(H,28,32)(H,29,33). The number of hydrogen-bond acceptors (Lipinski definition) is 5. The highest BCUT2D eigenvalue weighted by molar-refractivity contribution is 8.00. The quantitative estimate of drug-likeness (QED) is 0.293. The average Bonchev–Trinajstić information content (AvgIpc) is 2.81. The second-order valence-electron chi connectivity index (χ2n) is 8.30. The van der Waals surface area contributed by atoms with Gasteiger partial charge in [0, 0.05) is 18.3 Å². The number of fused-ring (bicyclic) bond motifs is 1. The van der Waals surface area contributed by atoms with E-state index in [0.29, 0.717) is 27.4 Å². The molecule has 0 spiro atoms. The van der Waals surface area contributed by atoms with Crippen molar-refractivity contribution in [1.82, 2.24) is 9.55 Å². The summed E-state index contributed by atoms with van der Waals surface area (Å²) >= 11 is 1.23. The molecule has 178 valence electrons. The number of thioether (sulfide) groups is 1. The van der Waals surface area contributed by atoms with Gasteiger partial charge in [-0.2, -0.15) is 0 Å². The zero-order valence-corrected chi connectivity index (χ0v) is 20.8. The molecule has 1 atom stereocenters. The van der Waals surface area contributed by atoms with Gasteiger partial charge >= 0.3 is 0 Å². The summed E-state index contributed by atoms with van der Waals surface area (Å²) in [6.07, 6.45) is 0. The summed E-state index contributed by atoms with van der Waals surface area (Å²) in [7, 11) is 0. The maximum Gasteiger partial charge on any atom is 0.266 e. The number of rotatable bonds is 6. The molecule has 0 aliphatic heterocycles. The van der Waals surface area contributed by atoms with Crippen LogP contribution in [0.25, 0.3) is 16.6 Å². The van der Waals surface area contributed by atoms with Gasteiger partial charge in [-0.15, -0.1) is 0 Å². The van der Waals surface area contributed by atoms with Crippen molar-refractivity contribution < 1.29 is 9.59 Å². The van der Waals surface area contributed by atoms with E-state index < -0.39 is 5.25 Å². The van der Waals surface area contributed by atoms with Crippen molar-refractivity contribution in [3.8, 4) is 5.69 Å². The molecule has 0 bridgehead atoms. The fourth-order valence-electron chi connectivity index (χ4n) is 3.84. The second kappa shape index (κ2) is 10.1. The monoisotopic (exact) mass is 486 g/mol. The Morgan fingerprint density at radius 3 is 2.11 bits per heavy atom. The topological polar surface area (TPSA) is 93.1 Å². The lowest BCUT2D eigenvalue weighted by Gasteiger charge is -2.19. The van der Waals surface area contributed by atoms with Crippen LogP contribution in [-0.2, 0) is 9.59 Å². The van der Waals surface area contributed by atoms with E-state index in [0.717, 1.165) is 16.8 Å². The number of carbonyl (C=O) groups is 2. The van der Waals surface area contributed by atoms with Gasteiger partial charge in [0.1, 0.15) is 0 Å². The molecule has 3 aromatic carbocycles. The van der Waals surface area contributed by atoms with Crippen molar-refractivity contribution in [1.29, 1.82) is 0 Å². The van der Waals surface area contributed by atoms with Crippen LogP contribution in [0.1, 0.15) is 25.0 Å². The number of aromatic nitrogens is 2. The third kappa shape index (κ3) is 5.27. The molecule has 35 heavy (non-hydrogen) atoms. The van der Waals surface area contributed by atoms with Gasteiger partial charge in [0.25, 0.3) is 5.56 Å². The molecule has 0 saturated carbocycles. The number of nitrogens with zero attached hydrogens (tertiary/aromatic N) is 2. The van der Waals surface area contributed by atoms with E-state index in [-0.39, 0.29) is 17.4 Å². The minimum atomic E-state index is -0.534. The Morgan fingerprint density at radius 2 is 1.49 bits per heavy atom. The molecule has 7 nitrogen and oxygen atoms in total. The summed E-state index contributed by atoms with van der Waals surface area (Å²) in [5, 5.41) is 6.03. The van der Waals surface area contributed by atoms with Crippen LogP contribution in [0.5, 0.6) is 0 Å². The molecule has 8 heteroatoms. The van der Waals surface area contributed by atoms with Gasteiger partial charge in [-0.25, -0.2) is 4.98 Å². The molecule has 0 fully saturated rings. The number of para-hydroxylation sites is 2. The Bertz CT molecular complexity index is 1460. The second-order valence-corrected chi connectivity index (χ2v) is 9.61. The zero-order chi connectivity index (χ0) is 25.1. The Labute approximate surface area is 207 Å². The molecule has 0 aliphatic carbocycles. The predicted octanol–water partition coefficient (Wildman–Crippen LogP) is 5.08. The van der Waals surface area contributed by atoms with E-state index in [2.05, 4.69) is 10.6 Å². The van der Waals surface area contributed by atoms with Crippen molar-refractivity contribution in [3.05, 3.63) is 88.2 Å². The molecule has 0 saturated heterocycles. The molecule has 1 aromatic heterocycles. The molecule has 2 amide bonds. The number of amides is 2. The largest absolute Gasteiger partial charge is 0.326 e. The molecule has 1 unspecified atom stereocenters. The van der Waals surface area contributed by atoms with E-state index in [1.165, 1.54) is 18.7 Å². The van der Waals surface area contributed by atoms with Crippen LogP contribution in [0, 0.1) is 13.8 Å². The first-order valence-electron chi connectivity index (χ1n) is 11.2. The van der Waals surface area contributed by atoms with Gasteiger partial charge < -0.3 is 10.6 Å². The first kappa shape index (κ1) is 24.2. The molecule has 4 rings (SSSR count). The van der Waals surface area contributed by atoms with Crippen molar-refractivity contribution >= 4 is 45.9 Å². The summed E-state index contributed by atoms with van der Waals surface area (Å²) in [5.74, 6) is -0.387. The molecule has 0 radical (unpaired) electrons. The first-order chi connectivity index (χ1) is 16.7. The van der Waals surface area contributed by atoms with Crippen LogP contribution in [0.3, 0.4) is 0 Å². The van der Waals surface area contributed by atoms with Crippen LogP contribution >= 0.6 is 11.8 Å². The van der Waals surface area contributed by atoms with Crippen LogP contribution in [0.15, 0.2) is 76.7 Å². The third-order valence-corrected chi connectivity index (χ3v) is 6.58. The number of anilines is 2. The predicted molar refractivity (Wildman–Crippen MR) is 142 cm³/mol. The van der Waals surface area contributed by atoms with E-state index in [4.69, 9.17) is 4.98 Å². The van der Waals surface area contributed by atoms with Crippen molar-refractivity contribution in [2.45, 2.75) is 38.1 Å². The minimum Gasteiger partial charge on any atom is -0.326 e. The summed E-state index contributed by atoms with van der Waals surface area (Å²) in [6.45, 7) is 7.13. The number of carbonyl (C=O) groups excluding carboxylic acids is 2. The molecule has 0 aliphatic rings. The molecule has 1 heterocycles. The zero-order valence-electron chi connectivity index (χ0n) is 20.0. The lowest BCUT2D eigenvalue weighted by molar-refractivity contribution is -0.115. The summed E-state index contributed by atoms with van der Waals surface area (Å²) in [5.41, 5.74) is 4.34. The lowest BCUT2D eigenvalue weighted by Crippen LogP contribution is -2.27. The van der Waals surface area contributed by atoms with Crippen LogP contribution in [0.2, 0.25) is 0 Å². The average molecular weight is 487 g/mol. The highest BCUT2D eigenvalue weighted by Crippen LogP contribution is 2.28. The fraction of sp³-hybridized carbons (Fsp3) is 0.185. The van der Waals surface area contributed by atoms with Crippen LogP contribution < -0.4 is 16.2 Å². The Morgan fingerprint density at radius 1 is 0.886 bits per heavy atom.